The molecule has 0 aliphatic heterocycles. The zero-order valence-electron chi connectivity index (χ0n) is 10.3. The average Bonchev–Trinajstić information content (AvgIpc) is 2.38. The Morgan fingerprint density at radius 3 is 2.74 bits per heavy atom. The topological polar surface area (TPSA) is 85.2 Å². The van der Waals surface area contributed by atoms with Crippen LogP contribution >= 0.6 is 0 Å². The van der Waals surface area contributed by atoms with Crippen LogP contribution in [0.2, 0.25) is 0 Å². The molecule has 0 unspecified atom stereocenters. The number of anilines is 3. The van der Waals surface area contributed by atoms with E-state index in [1.54, 1.807) is 36.5 Å². The van der Waals surface area contributed by atoms with E-state index in [0.29, 0.717) is 5.69 Å². The molecule has 0 aliphatic carbocycles. The molecule has 0 fully saturated rings. The number of nitrogens with two attached hydrogens (primary N) is 2. The Balaban J connectivity index is 2.50. The smallest absolute Gasteiger partial charge is 0.250 e. The molecule has 0 aliphatic rings. The maximum absolute atomic E-state index is 13.9. The maximum Gasteiger partial charge on any atom is 0.250 e. The van der Waals surface area contributed by atoms with E-state index < -0.39 is 11.7 Å². The first-order valence-corrected chi connectivity index (χ1v) is 5.53. The first kappa shape index (κ1) is 12.8. The summed E-state index contributed by atoms with van der Waals surface area (Å²) < 4.78 is 13.9. The molecule has 2 aromatic rings. The fourth-order valence-electron chi connectivity index (χ4n) is 1.74. The van der Waals surface area contributed by atoms with E-state index in [0.717, 1.165) is 6.07 Å². The second kappa shape index (κ2) is 4.93. The van der Waals surface area contributed by atoms with Crippen LogP contribution in [0.3, 0.4) is 0 Å². The van der Waals surface area contributed by atoms with Crippen molar-refractivity contribution in [1.29, 1.82) is 0 Å². The number of amides is 1. The number of hydrogen-bond acceptors (Lipinski definition) is 4. The quantitative estimate of drug-likeness (QED) is 0.822. The summed E-state index contributed by atoms with van der Waals surface area (Å²) in [6.45, 7) is 0. The SMILES string of the molecule is CN(c1cccnc1)c1cc(C(N)=O)c(N)cc1F. The van der Waals surface area contributed by atoms with Gasteiger partial charge in [-0.1, -0.05) is 0 Å². The fraction of sp³-hybridized carbons (Fsp3) is 0.0769. The summed E-state index contributed by atoms with van der Waals surface area (Å²) in [7, 11) is 1.66. The van der Waals surface area contributed by atoms with E-state index in [4.69, 9.17) is 11.5 Å². The Kier molecular flexibility index (Phi) is 3.33. The summed E-state index contributed by atoms with van der Waals surface area (Å²) in [6.07, 6.45) is 3.20. The Morgan fingerprint density at radius 1 is 1.42 bits per heavy atom. The lowest BCUT2D eigenvalue weighted by Gasteiger charge is -2.20. The molecule has 5 nitrogen and oxygen atoms in total. The maximum atomic E-state index is 13.9. The molecule has 1 heterocycles. The number of carbonyl (C=O) groups is 1. The van der Waals surface area contributed by atoms with Crippen LogP contribution < -0.4 is 16.4 Å². The number of nitrogen functional groups attached to an aromatic ring is 1. The molecule has 6 heteroatoms. The molecule has 1 amide bonds. The molecular formula is C13H13FN4O. The number of hydrogen-bond donors (Lipinski definition) is 2. The van der Waals surface area contributed by atoms with Gasteiger partial charge in [-0.15, -0.1) is 0 Å². The minimum Gasteiger partial charge on any atom is -0.398 e. The number of carbonyl (C=O) groups excluding carboxylic acids is 1. The summed E-state index contributed by atoms with van der Waals surface area (Å²) in [5, 5.41) is 0. The van der Waals surface area contributed by atoms with Gasteiger partial charge in [0, 0.05) is 18.9 Å². The summed E-state index contributed by atoms with van der Waals surface area (Å²) in [5.41, 5.74) is 11.8. The second-order valence-electron chi connectivity index (χ2n) is 4.03. The standard InChI is InChI=1S/C13H13FN4O/c1-18(8-3-2-4-17-7-8)12-5-9(13(16)19)11(15)6-10(12)14/h2-7H,15H2,1H3,(H2,16,19). The van der Waals surface area contributed by atoms with Crippen molar-refractivity contribution in [2.45, 2.75) is 0 Å². The number of rotatable bonds is 3. The lowest BCUT2D eigenvalue weighted by Crippen LogP contribution is -2.17. The van der Waals surface area contributed by atoms with Gasteiger partial charge in [-0.25, -0.2) is 4.39 Å². The predicted octanol–water partition coefficient (Wildman–Crippen LogP) is 1.67. The minimum atomic E-state index is -0.696. The van der Waals surface area contributed by atoms with E-state index in [9.17, 15) is 9.18 Å². The highest BCUT2D eigenvalue weighted by Gasteiger charge is 2.15. The number of nitrogens with zero attached hydrogens (tertiary/aromatic N) is 2. The summed E-state index contributed by atoms with van der Waals surface area (Å²) >= 11 is 0. The lowest BCUT2D eigenvalue weighted by molar-refractivity contribution is 0.100. The summed E-state index contributed by atoms with van der Waals surface area (Å²) in [6, 6.07) is 5.92. The molecule has 98 valence electrons. The van der Waals surface area contributed by atoms with Gasteiger partial charge in [0.2, 0.25) is 0 Å². The van der Waals surface area contributed by atoms with Gasteiger partial charge in [0.15, 0.2) is 0 Å². The van der Waals surface area contributed by atoms with Crippen molar-refractivity contribution in [3.8, 4) is 0 Å². The molecule has 0 bridgehead atoms. The van der Waals surface area contributed by atoms with Crippen LogP contribution in [-0.4, -0.2) is 17.9 Å². The van der Waals surface area contributed by atoms with E-state index in [1.165, 1.54) is 6.07 Å². The first-order chi connectivity index (χ1) is 9.00. The van der Waals surface area contributed by atoms with E-state index >= 15 is 0 Å². The Bertz CT molecular complexity index is 616. The van der Waals surface area contributed by atoms with Crippen molar-refractivity contribution in [2.24, 2.45) is 5.73 Å². The highest BCUT2D eigenvalue weighted by atomic mass is 19.1. The van der Waals surface area contributed by atoms with Gasteiger partial charge in [0.25, 0.3) is 5.91 Å². The van der Waals surface area contributed by atoms with Gasteiger partial charge >= 0.3 is 0 Å². The molecule has 19 heavy (non-hydrogen) atoms. The lowest BCUT2D eigenvalue weighted by atomic mass is 10.1. The monoisotopic (exact) mass is 260 g/mol. The molecular weight excluding hydrogens is 247 g/mol. The molecule has 0 radical (unpaired) electrons. The molecule has 0 saturated carbocycles. The number of aromatic nitrogens is 1. The van der Waals surface area contributed by atoms with Gasteiger partial charge in [-0.2, -0.15) is 0 Å². The Labute approximate surface area is 109 Å². The Hall–Kier alpha value is -2.63. The van der Waals surface area contributed by atoms with Gasteiger partial charge < -0.3 is 16.4 Å². The molecule has 1 aromatic heterocycles. The van der Waals surface area contributed by atoms with E-state index in [-0.39, 0.29) is 16.9 Å². The van der Waals surface area contributed by atoms with Crippen LogP contribution in [0.1, 0.15) is 10.4 Å². The Morgan fingerprint density at radius 2 is 2.16 bits per heavy atom. The third kappa shape index (κ3) is 2.47. The normalized spacial score (nSPS) is 10.2. The third-order valence-electron chi connectivity index (χ3n) is 2.78. The number of pyridine rings is 1. The second-order valence-corrected chi connectivity index (χ2v) is 4.03. The first-order valence-electron chi connectivity index (χ1n) is 5.53. The predicted molar refractivity (Wildman–Crippen MR) is 71.6 cm³/mol. The van der Waals surface area contributed by atoms with Crippen molar-refractivity contribution in [3.05, 3.63) is 48.0 Å². The fourth-order valence-corrected chi connectivity index (χ4v) is 1.74. The minimum absolute atomic E-state index is 0.0216. The summed E-state index contributed by atoms with van der Waals surface area (Å²) in [4.78, 5) is 16.8. The largest absolute Gasteiger partial charge is 0.398 e. The van der Waals surface area contributed by atoms with Crippen molar-refractivity contribution in [2.75, 3.05) is 17.7 Å². The van der Waals surface area contributed by atoms with Crippen LogP contribution in [0.4, 0.5) is 21.5 Å². The molecule has 2 rings (SSSR count). The van der Waals surface area contributed by atoms with E-state index in [2.05, 4.69) is 4.98 Å². The molecule has 0 saturated heterocycles. The van der Waals surface area contributed by atoms with Crippen LogP contribution in [0.15, 0.2) is 36.7 Å². The van der Waals surface area contributed by atoms with Crippen molar-refractivity contribution in [1.82, 2.24) is 4.98 Å². The van der Waals surface area contributed by atoms with Crippen LogP contribution in [0, 0.1) is 5.82 Å². The van der Waals surface area contributed by atoms with Crippen molar-refractivity contribution in [3.63, 3.8) is 0 Å². The van der Waals surface area contributed by atoms with Gasteiger partial charge in [-0.05, 0) is 24.3 Å². The van der Waals surface area contributed by atoms with E-state index in [1.807, 2.05) is 0 Å². The number of benzene rings is 1. The van der Waals surface area contributed by atoms with Gasteiger partial charge in [0.1, 0.15) is 5.82 Å². The third-order valence-corrected chi connectivity index (χ3v) is 2.78. The highest BCUT2D eigenvalue weighted by molar-refractivity contribution is 5.99. The molecule has 1 aromatic carbocycles. The molecule has 4 N–H and O–H groups in total. The summed E-state index contributed by atoms with van der Waals surface area (Å²) in [5.74, 6) is -1.23. The van der Waals surface area contributed by atoms with Crippen LogP contribution in [0.25, 0.3) is 0 Å². The van der Waals surface area contributed by atoms with Crippen LogP contribution in [-0.2, 0) is 0 Å². The molecule has 0 atom stereocenters. The number of halogens is 1. The van der Waals surface area contributed by atoms with Gasteiger partial charge in [0.05, 0.1) is 23.1 Å². The van der Waals surface area contributed by atoms with Crippen molar-refractivity contribution >= 4 is 23.0 Å². The zero-order valence-corrected chi connectivity index (χ0v) is 10.3. The molecule has 0 spiro atoms. The number of primary amides is 1. The zero-order chi connectivity index (χ0) is 14.0. The van der Waals surface area contributed by atoms with Crippen molar-refractivity contribution < 1.29 is 9.18 Å². The van der Waals surface area contributed by atoms with Gasteiger partial charge in [-0.3, -0.25) is 9.78 Å². The average molecular weight is 260 g/mol. The van der Waals surface area contributed by atoms with Crippen LogP contribution in [0.5, 0.6) is 0 Å². The highest BCUT2D eigenvalue weighted by Crippen LogP contribution is 2.29.